The Balaban J connectivity index is 1.34. The molecule has 0 spiro atoms. The Labute approximate surface area is 179 Å². The highest BCUT2D eigenvalue weighted by molar-refractivity contribution is 5.90. The summed E-state index contributed by atoms with van der Waals surface area (Å²) in [5.41, 5.74) is 2.45. The molecule has 154 valence electrons. The van der Waals surface area contributed by atoms with Crippen LogP contribution in [0.15, 0.2) is 66.0 Å². The summed E-state index contributed by atoms with van der Waals surface area (Å²) in [6.45, 7) is 2.12. The highest BCUT2D eigenvalue weighted by Gasteiger charge is 2.16. The molecule has 1 aromatic heterocycles. The molecule has 3 aromatic rings. The van der Waals surface area contributed by atoms with Crippen molar-refractivity contribution in [2.75, 3.05) is 31.7 Å². The van der Waals surface area contributed by atoms with E-state index >= 15 is 0 Å². The van der Waals surface area contributed by atoms with Crippen molar-refractivity contribution in [3.63, 3.8) is 0 Å². The summed E-state index contributed by atoms with van der Waals surface area (Å²) in [6.07, 6.45) is 3.70. The molecule has 0 amide bonds. The molecule has 2 aromatic carbocycles. The van der Waals surface area contributed by atoms with Crippen molar-refractivity contribution < 1.29 is 9.47 Å². The molecule has 0 bridgehead atoms. The summed E-state index contributed by atoms with van der Waals surface area (Å²) in [5.74, 6) is 3.73. The predicted octanol–water partition coefficient (Wildman–Crippen LogP) is 2.92. The van der Waals surface area contributed by atoms with Crippen molar-refractivity contribution >= 4 is 16.7 Å². The van der Waals surface area contributed by atoms with Gasteiger partial charge < -0.3 is 25.4 Å². The maximum absolute atomic E-state index is 8.91. The van der Waals surface area contributed by atoms with Crippen molar-refractivity contribution in [2.45, 2.75) is 0 Å². The van der Waals surface area contributed by atoms with Gasteiger partial charge in [0.1, 0.15) is 5.82 Å². The van der Waals surface area contributed by atoms with Crippen LogP contribution >= 0.6 is 0 Å². The van der Waals surface area contributed by atoms with Gasteiger partial charge in [-0.15, -0.1) is 0 Å². The van der Waals surface area contributed by atoms with E-state index in [9.17, 15) is 0 Å². The van der Waals surface area contributed by atoms with Crippen LogP contribution in [0.25, 0.3) is 22.3 Å². The SMILES string of the molecule is N#CC1=CC=C(NCCNc2nc(-c3ccc4c(c3)OCO4)nc3ccccc23)NC1. The van der Waals surface area contributed by atoms with E-state index in [0.717, 1.165) is 33.9 Å². The number of nitrogens with one attached hydrogen (secondary N) is 3. The number of dihydropyridines is 1. The Morgan fingerprint density at radius 2 is 1.87 bits per heavy atom. The molecule has 0 unspecified atom stereocenters. The molecule has 2 aliphatic heterocycles. The third-order valence-corrected chi connectivity index (χ3v) is 5.03. The van der Waals surface area contributed by atoms with Gasteiger partial charge in [-0.25, -0.2) is 9.97 Å². The number of rotatable bonds is 6. The third kappa shape index (κ3) is 3.94. The van der Waals surface area contributed by atoms with Crippen molar-refractivity contribution in [1.82, 2.24) is 20.6 Å². The molecule has 8 nitrogen and oxygen atoms in total. The number of aromatic nitrogens is 2. The smallest absolute Gasteiger partial charge is 0.231 e. The van der Waals surface area contributed by atoms with E-state index in [2.05, 4.69) is 22.0 Å². The van der Waals surface area contributed by atoms with E-state index in [0.29, 0.717) is 36.8 Å². The van der Waals surface area contributed by atoms with Gasteiger partial charge in [-0.05, 0) is 42.5 Å². The van der Waals surface area contributed by atoms with Crippen LogP contribution in [0.2, 0.25) is 0 Å². The Kier molecular flexibility index (Phi) is 4.99. The van der Waals surface area contributed by atoms with Crippen LogP contribution in [0.5, 0.6) is 11.5 Å². The van der Waals surface area contributed by atoms with Crippen LogP contribution in [0, 0.1) is 11.3 Å². The zero-order valence-corrected chi connectivity index (χ0v) is 16.7. The average Bonchev–Trinajstić information content (AvgIpc) is 3.30. The highest BCUT2D eigenvalue weighted by atomic mass is 16.7. The number of allylic oxidation sites excluding steroid dienone is 2. The van der Waals surface area contributed by atoms with Crippen LogP contribution < -0.4 is 25.4 Å². The number of fused-ring (bicyclic) bond motifs is 2. The van der Waals surface area contributed by atoms with Gasteiger partial charge in [0.25, 0.3) is 0 Å². The van der Waals surface area contributed by atoms with Crippen molar-refractivity contribution in [3.8, 4) is 29.0 Å². The monoisotopic (exact) mass is 412 g/mol. The van der Waals surface area contributed by atoms with Crippen LogP contribution in [-0.4, -0.2) is 36.4 Å². The number of anilines is 1. The molecule has 8 heteroatoms. The third-order valence-electron chi connectivity index (χ3n) is 5.03. The van der Waals surface area contributed by atoms with Crippen LogP contribution in [-0.2, 0) is 0 Å². The minimum absolute atomic E-state index is 0.232. The minimum Gasteiger partial charge on any atom is -0.454 e. The van der Waals surface area contributed by atoms with E-state index < -0.39 is 0 Å². The maximum Gasteiger partial charge on any atom is 0.231 e. The number of benzene rings is 2. The van der Waals surface area contributed by atoms with E-state index in [1.165, 1.54) is 0 Å². The molecule has 31 heavy (non-hydrogen) atoms. The van der Waals surface area contributed by atoms with Gasteiger partial charge in [0.2, 0.25) is 6.79 Å². The molecule has 0 saturated carbocycles. The largest absolute Gasteiger partial charge is 0.454 e. The number of nitriles is 1. The van der Waals surface area contributed by atoms with Gasteiger partial charge in [-0.2, -0.15) is 5.26 Å². The molecule has 0 saturated heterocycles. The standard InChI is InChI=1S/C23H20N6O2/c24-12-15-5-8-21(27-13-15)25-9-10-26-23-17-3-1-2-4-18(17)28-22(29-23)16-6-7-19-20(11-16)31-14-30-19/h1-8,11,25,27H,9-10,13-14H2,(H,26,28,29). The predicted molar refractivity (Wildman–Crippen MR) is 117 cm³/mol. The summed E-state index contributed by atoms with van der Waals surface area (Å²) < 4.78 is 10.9. The number of ether oxygens (including phenoxy) is 2. The maximum atomic E-state index is 8.91. The zero-order valence-electron chi connectivity index (χ0n) is 16.7. The number of nitrogens with zero attached hydrogens (tertiary/aromatic N) is 3. The second-order valence-corrected chi connectivity index (χ2v) is 7.07. The first-order valence-corrected chi connectivity index (χ1v) is 9.99. The molecule has 0 atom stereocenters. The first-order valence-electron chi connectivity index (χ1n) is 9.99. The van der Waals surface area contributed by atoms with Crippen molar-refractivity contribution in [1.29, 1.82) is 5.26 Å². The molecule has 2 aliphatic rings. The number of hydrogen-bond donors (Lipinski definition) is 3. The topological polar surface area (TPSA) is 104 Å². The lowest BCUT2D eigenvalue weighted by atomic mass is 10.1. The van der Waals surface area contributed by atoms with Gasteiger partial charge in [0.15, 0.2) is 17.3 Å². The first-order chi connectivity index (χ1) is 15.3. The van der Waals surface area contributed by atoms with E-state index in [1.54, 1.807) is 0 Å². The van der Waals surface area contributed by atoms with E-state index in [-0.39, 0.29) is 6.79 Å². The fourth-order valence-electron chi connectivity index (χ4n) is 3.44. The molecular weight excluding hydrogens is 392 g/mol. The Morgan fingerprint density at radius 1 is 1.00 bits per heavy atom. The second-order valence-electron chi connectivity index (χ2n) is 7.07. The van der Waals surface area contributed by atoms with Gasteiger partial charge in [0.05, 0.1) is 24.0 Å². The lowest BCUT2D eigenvalue weighted by Gasteiger charge is -2.16. The van der Waals surface area contributed by atoms with Crippen LogP contribution in [0.4, 0.5) is 5.82 Å². The highest BCUT2D eigenvalue weighted by Crippen LogP contribution is 2.35. The fourth-order valence-corrected chi connectivity index (χ4v) is 3.44. The number of hydrogen-bond acceptors (Lipinski definition) is 8. The number of para-hydroxylation sites is 1. The summed E-state index contributed by atoms with van der Waals surface area (Å²) in [5, 5.41) is 19.8. The molecule has 0 fully saturated rings. The average molecular weight is 412 g/mol. The summed E-state index contributed by atoms with van der Waals surface area (Å²) >= 11 is 0. The second kappa shape index (κ2) is 8.24. The van der Waals surface area contributed by atoms with Crippen molar-refractivity contribution in [3.05, 3.63) is 66.0 Å². The molecule has 5 rings (SSSR count). The molecule has 3 N–H and O–H groups in total. The Morgan fingerprint density at radius 3 is 2.74 bits per heavy atom. The summed E-state index contributed by atoms with van der Waals surface area (Å²) in [6, 6.07) is 15.8. The van der Waals surface area contributed by atoms with Crippen molar-refractivity contribution in [2.24, 2.45) is 0 Å². The van der Waals surface area contributed by atoms with E-state index in [1.807, 2.05) is 54.6 Å². The lowest BCUT2D eigenvalue weighted by molar-refractivity contribution is 0.174. The first kappa shape index (κ1) is 18.8. The molecule has 0 aliphatic carbocycles. The molecular formula is C23H20N6O2. The van der Waals surface area contributed by atoms with E-state index in [4.69, 9.17) is 24.7 Å². The van der Waals surface area contributed by atoms with Gasteiger partial charge in [-0.3, -0.25) is 0 Å². The quantitative estimate of drug-likeness (QED) is 0.531. The van der Waals surface area contributed by atoms with Gasteiger partial charge >= 0.3 is 0 Å². The molecule has 3 heterocycles. The zero-order chi connectivity index (χ0) is 21.0. The molecule has 0 radical (unpaired) electrons. The van der Waals surface area contributed by atoms with Gasteiger partial charge in [0, 0.05) is 29.6 Å². The Bertz CT molecular complexity index is 1240. The van der Waals surface area contributed by atoms with Gasteiger partial charge in [-0.1, -0.05) is 12.1 Å². The Hall–Kier alpha value is -4.25. The summed E-state index contributed by atoms with van der Waals surface area (Å²) in [4.78, 5) is 9.51. The minimum atomic E-state index is 0.232. The lowest BCUT2D eigenvalue weighted by Crippen LogP contribution is -2.32. The normalized spacial score (nSPS) is 14.3. The summed E-state index contributed by atoms with van der Waals surface area (Å²) in [7, 11) is 0. The van der Waals surface area contributed by atoms with Crippen LogP contribution in [0.1, 0.15) is 0 Å². The fraction of sp³-hybridized carbons (Fsp3) is 0.174. The van der Waals surface area contributed by atoms with Crippen LogP contribution in [0.3, 0.4) is 0 Å².